The first-order chi connectivity index (χ1) is 11.7. The lowest BCUT2D eigenvalue weighted by molar-refractivity contribution is 0.0695. The third-order valence-corrected chi connectivity index (χ3v) is 5.25. The van der Waals surface area contributed by atoms with Gasteiger partial charge >= 0.3 is 0 Å². The number of hydrogen-bond donors (Lipinski definition) is 1. The summed E-state index contributed by atoms with van der Waals surface area (Å²) < 4.78 is 13.7. The average molecular weight is 327 g/mol. The van der Waals surface area contributed by atoms with Crippen LogP contribution in [0.15, 0.2) is 24.3 Å². The highest BCUT2D eigenvalue weighted by molar-refractivity contribution is 6.06. The fraction of sp³-hybridized carbons (Fsp3) is 0.474. The Labute approximate surface area is 140 Å². The molecule has 2 aliphatic rings. The Morgan fingerprint density at radius 3 is 2.62 bits per heavy atom. The second-order valence-electron chi connectivity index (χ2n) is 7.00. The molecule has 2 N–H and O–H groups in total. The fourth-order valence-corrected chi connectivity index (χ4v) is 3.53. The molecule has 2 aromatic rings. The molecule has 0 atom stereocenters. The van der Waals surface area contributed by atoms with Crippen molar-refractivity contribution in [3.8, 4) is 0 Å². The molecule has 0 radical (unpaired) electrons. The van der Waals surface area contributed by atoms with Crippen molar-refractivity contribution in [2.45, 2.75) is 31.6 Å². The number of aromatic nitrogens is 1. The van der Waals surface area contributed by atoms with Crippen LogP contribution in [-0.4, -0.2) is 35.4 Å². The topological polar surface area (TPSA) is 59.2 Å². The molecule has 0 spiro atoms. The van der Waals surface area contributed by atoms with Crippen LogP contribution in [0.3, 0.4) is 0 Å². The van der Waals surface area contributed by atoms with E-state index in [1.165, 1.54) is 12.1 Å². The maximum atomic E-state index is 13.7. The summed E-state index contributed by atoms with van der Waals surface area (Å²) >= 11 is 0. The lowest BCUT2D eigenvalue weighted by Crippen LogP contribution is -2.40. The number of benzene rings is 1. The van der Waals surface area contributed by atoms with Crippen molar-refractivity contribution in [2.24, 2.45) is 11.7 Å². The van der Waals surface area contributed by atoms with Gasteiger partial charge in [-0.05, 0) is 62.4 Å². The van der Waals surface area contributed by atoms with Crippen LogP contribution in [0.1, 0.15) is 47.7 Å². The first-order valence-corrected chi connectivity index (χ1v) is 8.75. The quantitative estimate of drug-likeness (QED) is 0.942. The van der Waals surface area contributed by atoms with Gasteiger partial charge in [-0.3, -0.25) is 9.78 Å². The highest BCUT2D eigenvalue weighted by Gasteiger charge is 2.29. The number of carbonyl (C=O) groups is 1. The van der Waals surface area contributed by atoms with Crippen LogP contribution < -0.4 is 5.73 Å². The van der Waals surface area contributed by atoms with E-state index >= 15 is 0 Å². The summed E-state index contributed by atoms with van der Waals surface area (Å²) in [4.78, 5) is 19.6. The second kappa shape index (κ2) is 6.13. The van der Waals surface area contributed by atoms with E-state index < -0.39 is 0 Å². The van der Waals surface area contributed by atoms with E-state index in [1.54, 1.807) is 6.07 Å². The van der Waals surface area contributed by atoms with Crippen molar-refractivity contribution in [3.63, 3.8) is 0 Å². The van der Waals surface area contributed by atoms with E-state index in [0.29, 0.717) is 34.8 Å². The number of rotatable bonds is 3. The molecule has 1 aromatic carbocycles. The Morgan fingerprint density at radius 1 is 1.21 bits per heavy atom. The van der Waals surface area contributed by atoms with E-state index in [4.69, 9.17) is 5.73 Å². The number of carbonyl (C=O) groups excluding carboxylic acids is 1. The summed E-state index contributed by atoms with van der Waals surface area (Å²) in [6.07, 6.45) is 4.12. The third kappa shape index (κ3) is 2.88. The fourth-order valence-electron chi connectivity index (χ4n) is 3.53. The third-order valence-electron chi connectivity index (χ3n) is 5.25. The lowest BCUT2D eigenvalue weighted by Gasteiger charge is -2.31. The van der Waals surface area contributed by atoms with Crippen LogP contribution in [-0.2, 0) is 0 Å². The largest absolute Gasteiger partial charge is 0.339 e. The SMILES string of the molecule is NCC1CCN(C(=O)c2cc(C3CC3)nc3ccc(F)cc23)CC1. The van der Waals surface area contributed by atoms with Crippen LogP contribution in [0.2, 0.25) is 0 Å². The Bertz CT molecular complexity index is 780. The highest BCUT2D eigenvalue weighted by atomic mass is 19.1. The van der Waals surface area contributed by atoms with Crippen LogP contribution in [0.25, 0.3) is 10.9 Å². The van der Waals surface area contributed by atoms with Crippen LogP contribution >= 0.6 is 0 Å². The molecule has 2 fully saturated rings. The molecule has 4 nitrogen and oxygen atoms in total. The van der Waals surface area contributed by atoms with Crippen molar-refractivity contribution in [1.82, 2.24) is 9.88 Å². The van der Waals surface area contributed by atoms with Gasteiger partial charge in [-0.15, -0.1) is 0 Å². The molecule has 0 unspecified atom stereocenters. The normalized spacial score (nSPS) is 19.0. The van der Waals surface area contributed by atoms with E-state index in [1.807, 2.05) is 11.0 Å². The summed E-state index contributed by atoms with van der Waals surface area (Å²) in [5.74, 6) is 0.612. The van der Waals surface area contributed by atoms with Gasteiger partial charge in [0, 0.05) is 30.1 Å². The van der Waals surface area contributed by atoms with Gasteiger partial charge in [0.05, 0.1) is 11.1 Å². The molecule has 1 aromatic heterocycles. The predicted molar refractivity (Wildman–Crippen MR) is 91.4 cm³/mol. The number of pyridine rings is 1. The van der Waals surface area contributed by atoms with Crippen LogP contribution in [0, 0.1) is 11.7 Å². The van der Waals surface area contributed by atoms with Gasteiger partial charge in [0.2, 0.25) is 0 Å². The summed E-state index contributed by atoms with van der Waals surface area (Å²) in [5.41, 5.74) is 8.00. The summed E-state index contributed by atoms with van der Waals surface area (Å²) in [5, 5.41) is 0.616. The minimum absolute atomic E-state index is 0.00892. The molecule has 1 aliphatic heterocycles. The number of likely N-dealkylation sites (tertiary alicyclic amines) is 1. The second-order valence-corrected chi connectivity index (χ2v) is 7.00. The first-order valence-electron chi connectivity index (χ1n) is 8.75. The van der Waals surface area contributed by atoms with Crippen LogP contribution in [0.4, 0.5) is 4.39 Å². The van der Waals surface area contributed by atoms with Crippen LogP contribution in [0.5, 0.6) is 0 Å². The Morgan fingerprint density at radius 2 is 1.96 bits per heavy atom. The Hall–Kier alpha value is -2.01. The number of hydrogen-bond acceptors (Lipinski definition) is 3. The first kappa shape index (κ1) is 15.5. The van der Waals surface area contributed by atoms with Gasteiger partial charge < -0.3 is 10.6 Å². The van der Waals surface area contributed by atoms with Crippen molar-refractivity contribution >= 4 is 16.8 Å². The molecule has 2 heterocycles. The molecule has 4 rings (SSSR count). The number of halogens is 1. The summed E-state index contributed by atoms with van der Waals surface area (Å²) in [7, 11) is 0. The predicted octanol–water partition coefficient (Wildman–Crippen LogP) is 3.06. The zero-order chi connectivity index (χ0) is 16.7. The van der Waals surface area contributed by atoms with Gasteiger partial charge in [-0.1, -0.05) is 0 Å². The number of fused-ring (bicyclic) bond motifs is 1. The van der Waals surface area contributed by atoms with Gasteiger partial charge in [0.15, 0.2) is 0 Å². The van der Waals surface area contributed by atoms with Gasteiger partial charge in [0.25, 0.3) is 5.91 Å². The van der Waals surface area contributed by atoms with E-state index in [0.717, 1.165) is 44.5 Å². The number of nitrogens with two attached hydrogens (primary N) is 1. The van der Waals surface area contributed by atoms with Gasteiger partial charge in [-0.2, -0.15) is 0 Å². The van der Waals surface area contributed by atoms with Gasteiger partial charge in [0.1, 0.15) is 5.82 Å². The average Bonchev–Trinajstić information content (AvgIpc) is 3.45. The van der Waals surface area contributed by atoms with Crippen molar-refractivity contribution in [1.29, 1.82) is 0 Å². The lowest BCUT2D eigenvalue weighted by atomic mass is 9.96. The summed E-state index contributed by atoms with van der Waals surface area (Å²) in [6, 6.07) is 6.40. The molecule has 1 aliphatic carbocycles. The monoisotopic (exact) mass is 327 g/mol. The minimum Gasteiger partial charge on any atom is -0.339 e. The molecule has 24 heavy (non-hydrogen) atoms. The molecule has 5 heteroatoms. The Balaban J connectivity index is 1.71. The van der Waals surface area contributed by atoms with Crippen molar-refractivity contribution < 1.29 is 9.18 Å². The zero-order valence-electron chi connectivity index (χ0n) is 13.7. The van der Waals surface area contributed by atoms with E-state index in [2.05, 4.69) is 4.98 Å². The Kier molecular flexibility index (Phi) is 3.96. The smallest absolute Gasteiger partial charge is 0.254 e. The maximum absolute atomic E-state index is 13.7. The van der Waals surface area contributed by atoms with Crippen molar-refractivity contribution in [2.75, 3.05) is 19.6 Å². The highest BCUT2D eigenvalue weighted by Crippen LogP contribution is 2.40. The summed E-state index contributed by atoms with van der Waals surface area (Å²) in [6.45, 7) is 2.12. The standard InChI is InChI=1S/C19H22FN3O/c20-14-3-4-17-15(9-14)16(10-18(22-17)13-1-2-13)19(24)23-7-5-12(11-21)6-8-23/h3-4,9-10,12-13H,1-2,5-8,11,21H2. The minimum atomic E-state index is -0.334. The molecule has 1 amide bonds. The zero-order valence-corrected chi connectivity index (χ0v) is 13.7. The van der Waals surface area contributed by atoms with E-state index in [9.17, 15) is 9.18 Å². The molecule has 126 valence electrons. The number of nitrogens with zero attached hydrogens (tertiary/aromatic N) is 2. The number of piperidine rings is 1. The molecule has 1 saturated heterocycles. The molecular weight excluding hydrogens is 305 g/mol. The van der Waals surface area contributed by atoms with Crippen molar-refractivity contribution in [3.05, 3.63) is 41.3 Å². The maximum Gasteiger partial charge on any atom is 0.254 e. The number of amides is 1. The van der Waals surface area contributed by atoms with E-state index in [-0.39, 0.29) is 11.7 Å². The molecule has 1 saturated carbocycles. The molecular formula is C19H22FN3O. The van der Waals surface area contributed by atoms with Gasteiger partial charge in [-0.25, -0.2) is 4.39 Å². The molecule has 0 bridgehead atoms.